The molecule has 9 heteroatoms. The van der Waals surface area contributed by atoms with Crippen molar-refractivity contribution in [2.45, 2.75) is 43.7 Å². The van der Waals surface area contributed by atoms with E-state index in [4.69, 9.17) is 14.6 Å². The third-order valence-corrected chi connectivity index (χ3v) is 3.78. The number of nitro groups is 1. The molecule has 1 aromatic rings. The van der Waals surface area contributed by atoms with Gasteiger partial charge in [-0.25, -0.2) is 0 Å². The largest absolute Gasteiger partial charge is 0.462 e. The van der Waals surface area contributed by atoms with Crippen LogP contribution in [0.5, 0.6) is 5.75 Å². The fourth-order valence-electron chi connectivity index (χ4n) is 2.25. The van der Waals surface area contributed by atoms with Crippen molar-refractivity contribution in [2.75, 3.05) is 6.61 Å². The van der Waals surface area contributed by atoms with Gasteiger partial charge in [0.05, 0.1) is 6.61 Å². The molecule has 0 radical (unpaired) electrons. The van der Waals surface area contributed by atoms with Gasteiger partial charge in [0.2, 0.25) is 12.3 Å². The van der Waals surface area contributed by atoms with E-state index in [9.17, 15) is 25.4 Å². The van der Waals surface area contributed by atoms with Gasteiger partial charge in [0.1, 0.15) is 30.2 Å². The first-order valence-electron chi connectivity index (χ1n) is 7.05. The van der Waals surface area contributed by atoms with E-state index in [0.717, 1.165) is 0 Å². The van der Waals surface area contributed by atoms with Crippen LogP contribution in [0.1, 0.15) is 18.5 Å². The van der Waals surface area contributed by atoms with Gasteiger partial charge in [-0.05, 0) is 24.3 Å². The molecular formula is C14H19NO8. The lowest BCUT2D eigenvalue weighted by atomic mass is 9.99. The Hall–Kier alpha value is -1.78. The molecule has 1 saturated heterocycles. The Balaban J connectivity index is 2.07. The molecular weight excluding hydrogens is 310 g/mol. The number of hydrogen-bond acceptors (Lipinski definition) is 8. The molecule has 2 rings (SSSR count). The number of aliphatic hydroxyl groups excluding tert-OH is 4. The summed E-state index contributed by atoms with van der Waals surface area (Å²) >= 11 is 0. The van der Waals surface area contributed by atoms with Crippen molar-refractivity contribution in [1.29, 1.82) is 0 Å². The van der Waals surface area contributed by atoms with E-state index in [1.165, 1.54) is 31.2 Å². The Morgan fingerprint density at radius 1 is 1.22 bits per heavy atom. The van der Waals surface area contributed by atoms with Crippen molar-refractivity contribution in [2.24, 2.45) is 0 Å². The van der Waals surface area contributed by atoms with Crippen molar-refractivity contribution in [1.82, 2.24) is 0 Å². The third kappa shape index (κ3) is 3.77. The number of benzene rings is 1. The van der Waals surface area contributed by atoms with Crippen LogP contribution < -0.4 is 4.74 Å². The van der Waals surface area contributed by atoms with Crippen LogP contribution in [-0.2, 0) is 4.74 Å². The van der Waals surface area contributed by atoms with Gasteiger partial charge >= 0.3 is 0 Å². The molecule has 1 aliphatic heterocycles. The molecule has 0 amide bonds. The third-order valence-electron chi connectivity index (χ3n) is 3.78. The SMILES string of the molecule is CC(c1ccc(OC2O[C@H](CO)[C@@H](O)[C@H](O)[C@H]2O)cc1)[N+](=O)[O-]. The maximum Gasteiger partial charge on any atom is 0.235 e. The van der Waals surface area contributed by atoms with Gasteiger partial charge in [-0.15, -0.1) is 0 Å². The van der Waals surface area contributed by atoms with Crippen molar-refractivity contribution >= 4 is 0 Å². The minimum atomic E-state index is -1.53. The minimum absolute atomic E-state index is 0.258. The Labute approximate surface area is 131 Å². The highest BCUT2D eigenvalue weighted by molar-refractivity contribution is 5.28. The minimum Gasteiger partial charge on any atom is -0.462 e. The number of ether oxygens (including phenoxy) is 2. The lowest BCUT2D eigenvalue weighted by Gasteiger charge is -2.39. The first-order valence-corrected chi connectivity index (χ1v) is 7.05. The van der Waals surface area contributed by atoms with Crippen LogP contribution in [0.3, 0.4) is 0 Å². The quantitative estimate of drug-likeness (QED) is 0.406. The molecule has 0 bridgehead atoms. The van der Waals surface area contributed by atoms with Gasteiger partial charge in [0.25, 0.3) is 0 Å². The summed E-state index contributed by atoms with van der Waals surface area (Å²) < 4.78 is 10.6. The molecule has 4 N–H and O–H groups in total. The summed E-state index contributed by atoms with van der Waals surface area (Å²) in [6, 6.07) is 5.09. The molecule has 1 aromatic carbocycles. The number of nitrogens with zero attached hydrogens (tertiary/aromatic N) is 1. The monoisotopic (exact) mass is 329 g/mol. The first-order chi connectivity index (χ1) is 10.8. The van der Waals surface area contributed by atoms with E-state index in [-0.39, 0.29) is 5.75 Å². The molecule has 0 saturated carbocycles. The fraction of sp³-hybridized carbons (Fsp3) is 0.571. The lowest BCUT2D eigenvalue weighted by Crippen LogP contribution is -2.60. The fourth-order valence-corrected chi connectivity index (χ4v) is 2.25. The second kappa shape index (κ2) is 7.20. The molecule has 0 aliphatic carbocycles. The molecule has 0 spiro atoms. The Kier molecular flexibility index (Phi) is 5.50. The summed E-state index contributed by atoms with van der Waals surface area (Å²) in [5, 5.41) is 49.1. The van der Waals surface area contributed by atoms with Gasteiger partial charge in [-0.1, -0.05) is 0 Å². The molecule has 1 aliphatic rings. The molecule has 2 unspecified atom stereocenters. The van der Waals surface area contributed by atoms with Crippen LogP contribution in [-0.4, -0.2) is 62.7 Å². The number of aliphatic hydroxyl groups is 4. The maximum absolute atomic E-state index is 10.7. The Morgan fingerprint density at radius 3 is 2.35 bits per heavy atom. The zero-order valence-electron chi connectivity index (χ0n) is 12.3. The van der Waals surface area contributed by atoms with E-state index < -0.39 is 48.3 Å². The zero-order valence-corrected chi connectivity index (χ0v) is 12.3. The molecule has 9 nitrogen and oxygen atoms in total. The second-order valence-electron chi connectivity index (χ2n) is 5.35. The number of hydrogen-bond donors (Lipinski definition) is 4. The smallest absolute Gasteiger partial charge is 0.235 e. The Morgan fingerprint density at radius 2 is 1.83 bits per heavy atom. The normalized spacial score (nSPS) is 32.3. The van der Waals surface area contributed by atoms with Crippen LogP contribution in [0.25, 0.3) is 0 Å². The van der Waals surface area contributed by atoms with Gasteiger partial charge in [-0.3, -0.25) is 10.1 Å². The molecule has 128 valence electrons. The average molecular weight is 329 g/mol. The number of rotatable bonds is 5. The highest BCUT2D eigenvalue weighted by Gasteiger charge is 2.44. The molecule has 1 fully saturated rings. The molecule has 6 atom stereocenters. The van der Waals surface area contributed by atoms with Crippen LogP contribution in [0.15, 0.2) is 24.3 Å². The second-order valence-corrected chi connectivity index (χ2v) is 5.35. The summed E-state index contributed by atoms with van der Waals surface area (Å²) in [5.74, 6) is 0.258. The van der Waals surface area contributed by atoms with Gasteiger partial charge < -0.3 is 29.9 Å². The van der Waals surface area contributed by atoms with E-state index >= 15 is 0 Å². The van der Waals surface area contributed by atoms with Gasteiger partial charge in [-0.2, -0.15) is 0 Å². The van der Waals surface area contributed by atoms with E-state index in [0.29, 0.717) is 5.56 Å². The van der Waals surface area contributed by atoms with Crippen LogP contribution in [0.4, 0.5) is 0 Å². The summed E-state index contributed by atoms with van der Waals surface area (Å²) in [7, 11) is 0. The van der Waals surface area contributed by atoms with Gasteiger partial charge in [0.15, 0.2) is 0 Å². The van der Waals surface area contributed by atoms with Crippen LogP contribution >= 0.6 is 0 Å². The zero-order chi connectivity index (χ0) is 17.1. The first kappa shape index (κ1) is 17.6. The maximum atomic E-state index is 10.7. The molecule has 1 heterocycles. The summed E-state index contributed by atoms with van der Waals surface area (Å²) in [4.78, 5) is 10.3. The van der Waals surface area contributed by atoms with E-state index in [1.807, 2.05) is 0 Å². The highest BCUT2D eigenvalue weighted by Crippen LogP contribution is 2.25. The predicted octanol–water partition coefficient (Wildman–Crippen LogP) is -0.797. The van der Waals surface area contributed by atoms with Gasteiger partial charge in [0, 0.05) is 17.4 Å². The lowest BCUT2D eigenvalue weighted by molar-refractivity contribution is -0.524. The molecule has 0 aromatic heterocycles. The van der Waals surface area contributed by atoms with Crippen LogP contribution in [0, 0.1) is 10.1 Å². The van der Waals surface area contributed by atoms with Crippen molar-refractivity contribution in [3.05, 3.63) is 39.9 Å². The average Bonchev–Trinajstić information content (AvgIpc) is 2.55. The standard InChI is InChI=1S/C14H19NO8/c1-7(15(20)21)8-2-4-9(5-3-8)22-14-13(19)12(18)11(17)10(6-16)23-14/h2-5,7,10-14,16-19H,6H2,1H3/t7?,10-,11-,12+,13-,14?/m1/s1. The summed E-state index contributed by atoms with van der Waals surface area (Å²) in [6.45, 7) is 0.900. The van der Waals surface area contributed by atoms with Crippen molar-refractivity contribution in [3.63, 3.8) is 0 Å². The van der Waals surface area contributed by atoms with Crippen molar-refractivity contribution in [3.8, 4) is 5.75 Å². The Bertz CT molecular complexity index is 534. The van der Waals surface area contributed by atoms with Crippen molar-refractivity contribution < 1.29 is 34.8 Å². The van der Waals surface area contributed by atoms with E-state index in [2.05, 4.69) is 0 Å². The van der Waals surface area contributed by atoms with E-state index in [1.54, 1.807) is 0 Å². The summed E-state index contributed by atoms with van der Waals surface area (Å²) in [6.07, 6.45) is -6.85. The topological polar surface area (TPSA) is 143 Å². The highest BCUT2D eigenvalue weighted by atomic mass is 16.7. The predicted molar refractivity (Wildman–Crippen MR) is 76.2 cm³/mol. The summed E-state index contributed by atoms with van der Waals surface area (Å²) in [5.41, 5.74) is 0.483. The molecule has 23 heavy (non-hydrogen) atoms. The van der Waals surface area contributed by atoms with Crippen LogP contribution in [0.2, 0.25) is 0 Å².